The monoisotopic (exact) mass is 754 g/mol. The molecule has 12 heteroatoms. The Morgan fingerprint density at radius 2 is 0.914 bits per heavy atom. The van der Waals surface area contributed by atoms with Gasteiger partial charge in [-0.1, -0.05) is 42.5 Å². The number of halogens is 4. The van der Waals surface area contributed by atoms with Crippen molar-refractivity contribution in [1.29, 1.82) is 26.3 Å². The molecule has 0 fully saturated rings. The van der Waals surface area contributed by atoms with Crippen LogP contribution in [0.1, 0.15) is 44.5 Å². The van der Waals surface area contributed by atoms with Crippen LogP contribution in [0, 0.1) is 88.0 Å². The maximum atomic E-state index is 17.4. The zero-order chi connectivity index (χ0) is 41.4. The molecule has 5 aromatic carbocycles. The van der Waals surface area contributed by atoms with Crippen molar-refractivity contribution in [2.45, 2.75) is 0 Å². The normalized spacial score (nSPS) is 14.0. The van der Waals surface area contributed by atoms with E-state index in [1.165, 1.54) is 60.7 Å². The Morgan fingerprint density at radius 1 is 0.466 bits per heavy atom. The van der Waals surface area contributed by atoms with Gasteiger partial charge in [-0.2, -0.15) is 26.3 Å². The van der Waals surface area contributed by atoms with Gasteiger partial charge in [-0.25, -0.2) is 32.1 Å². The first-order valence-electron chi connectivity index (χ1n) is 16.6. The predicted molar refractivity (Wildman–Crippen MR) is 205 cm³/mol. The predicted octanol–water partition coefficient (Wildman–Crippen LogP) is 11.8. The highest BCUT2D eigenvalue weighted by Gasteiger charge is 2.44. The van der Waals surface area contributed by atoms with E-state index in [9.17, 15) is 35.1 Å². The molecule has 0 atom stereocenters. The van der Waals surface area contributed by atoms with Crippen molar-refractivity contribution >= 4 is 44.9 Å². The number of nitriles is 5. The molecule has 7 rings (SSSR count). The van der Waals surface area contributed by atoms with Gasteiger partial charge in [0.2, 0.25) is 5.70 Å². The maximum absolute atomic E-state index is 17.4. The molecule has 0 unspecified atom stereocenters. The average Bonchev–Trinajstić information content (AvgIpc) is 3.69. The van der Waals surface area contributed by atoms with Crippen molar-refractivity contribution in [2.24, 2.45) is 0 Å². The first-order chi connectivity index (χ1) is 28.1. The third kappa shape index (κ3) is 5.71. The van der Waals surface area contributed by atoms with Crippen LogP contribution in [0.4, 0.5) is 28.9 Å². The number of nitrogens with zero attached hydrogens (tertiary/aromatic N) is 8. The van der Waals surface area contributed by atoms with Crippen LogP contribution in [0.25, 0.3) is 70.4 Å². The minimum Gasteiger partial charge on any atom is -0.239 e. The zero-order valence-electron chi connectivity index (χ0n) is 29.2. The minimum absolute atomic E-state index is 0.0513. The summed E-state index contributed by atoms with van der Waals surface area (Å²) in [5.41, 5.74) is -4.99. The summed E-state index contributed by atoms with van der Waals surface area (Å²) in [5, 5.41) is 51.7. The highest BCUT2D eigenvalue weighted by molar-refractivity contribution is 6.25. The Balaban J connectivity index is 1.83. The Bertz CT molecular complexity index is 2990. The second-order valence-electron chi connectivity index (χ2n) is 12.5. The molecule has 0 bridgehead atoms. The first-order valence-corrected chi connectivity index (χ1v) is 16.6. The number of allylic oxidation sites excluding steroid dienone is 7. The molecule has 0 amide bonds. The highest BCUT2D eigenvalue weighted by Crippen LogP contribution is 2.61. The van der Waals surface area contributed by atoms with Crippen LogP contribution in [-0.2, 0) is 0 Å². The van der Waals surface area contributed by atoms with Gasteiger partial charge >= 0.3 is 0 Å². The molecule has 58 heavy (non-hydrogen) atoms. The average molecular weight is 755 g/mol. The molecule has 0 N–H and O–H groups in total. The van der Waals surface area contributed by atoms with Gasteiger partial charge in [-0.05, 0) is 81.4 Å². The van der Waals surface area contributed by atoms with E-state index in [1.54, 1.807) is 0 Å². The summed E-state index contributed by atoms with van der Waals surface area (Å²) < 4.78 is 63.9. The lowest BCUT2D eigenvalue weighted by atomic mass is 9.78. The molecule has 2 aliphatic carbocycles. The molecular formula is C46H14F4N8. The largest absolute Gasteiger partial charge is 0.239 e. The lowest BCUT2D eigenvalue weighted by Crippen LogP contribution is -2.04. The molecule has 0 spiro atoms. The third-order valence-corrected chi connectivity index (χ3v) is 9.50. The van der Waals surface area contributed by atoms with Gasteiger partial charge in [-0.3, -0.25) is 0 Å². The van der Waals surface area contributed by atoms with E-state index >= 15 is 8.78 Å². The molecular weight excluding hydrogens is 741 g/mol. The Morgan fingerprint density at radius 3 is 1.34 bits per heavy atom. The van der Waals surface area contributed by atoms with Crippen LogP contribution in [0.15, 0.2) is 96.6 Å². The molecule has 0 aliphatic heterocycles. The van der Waals surface area contributed by atoms with E-state index in [-0.39, 0.29) is 78.1 Å². The van der Waals surface area contributed by atoms with Gasteiger partial charge in [-0.15, -0.1) is 0 Å². The maximum Gasteiger partial charge on any atom is 0.231 e. The zero-order valence-corrected chi connectivity index (χ0v) is 29.2. The lowest BCUT2D eigenvalue weighted by Gasteiger charge is -2.24. The summed E-state index contributed by atoms with van der Waals surface area (Å²) in [5.74, 6) is -3.91. The van der Waals surface area contributed by atoms with Crippen LogP contribution >= 0.6 is 0 Å². The fraction of sp³-hybridized carbons (Fsp3) is 0. The molecule has 0 heterocycles. The van der Waals surface area contributed by atoms with Gasteiger partial charge in [0, 0.05) is 27.8 Å². The first kappa shape index (κ1) is 37.0. The summed E-state index contributed by atoms with van der Waals surface area (Å²) in [6.07, 6.45) is 0. The quantitative estimate of drug-likeness (QED) is 0.102. The molecule has 0 saturated heterocycles. The van der Waals surface area contributed by atoms with Crippen molar-refractivity contribution in [3.63, 3.8) is 0 Å². The standard InChI is InChI=1S/C46H14F4N8/c1-56-31-15-28(16-32(17-31)57-2)34(21-54)40-42-37(26-6-10-30(48)11-7-26)41-38(36(25-4-8-29(47)9-5-25)43(42)46(58-3)45(40)50)35(22-55)44(49)39(41)33(20-53)27-13-23(18-51)12-24(14-27)19-52/h4-17H/b39-33-,40-34-. The van der Waals surface area contributed by atoms with Crippen LogP contribution in [0.5, 0.6) is 0 Å². The summed E-state index contributed by atoms with van der Waals surface area (Å²) >= 11 is 0. The van der Waals surface area contributed by atoms with Gasteiger partial charge in [0.25, 0.3) is 0 Å². The Labute approximate surface area is 327 Å². The Hall–Kier alpha value is -9.30. The van der Waals surface area contributed by atoms with Crippen LogP contribution in [0.3, 0.4) is 0 Å². The van der Waals surface area contributed by atoms with Crippen molar-refractivity contribution in [2.75, 3.05) is 0 Å². The van der Waals surface area contributed by atoms with Crippen molar-refractivity contribution in [3.05, 3.63) is 187 Å². The Kier molecular flexibility index (Phi) is 9.26. The number of hydrogen-bond donors (Lipinski definition) is 0. The van der Waals surface area contributed by atoms with Crippen LogP contribution in [0.2, 0.25) is 0 Å². The van der Waals surface area contributed by atoms with Gasteiger partial charge in [0.1, 0.15) is 35.7 Å². The minimum atomic E-state index is -1.25. The van der Waals surface area contributed by atoms with Crippen molar-refractivity contribution in [1.82, 2.24) is 0 Å². The van der Waals surface area contributed by atoms with E-state index in [4.69, 9.17) is 19.7 Å². The topological polar surface area (TPSA) is 132 Å². The molecule has 8 nitrogen and oxygen atoms in total. The van der Waals surface area contributed by atoms with Gasteiger partial charge in [0.15, 0.2) is 17.2 Å². The second kappa shape index (κ2) is 14.5. The summed E-state index contributed by atoms with van der Waals surface area (Å²) in [6.45, 7) is 23.4. The van der Waals surface area contributed by atoms with Gasteiger partial charge in [0.05, 0.1) is 59.7 Å². The molecule has 266 valence electrons. The number of fused-ring (bicyclic) bond motifs is 2. The summed E-state index contributed by atoms with van der Waals surface area (Å²) in [4.78, 5) is 10.3. The molecule has 2 aliphatic rings. The fourth-order valence-corrected chi connectivity index (χ4v) is 7.21. The highest BCUT2D eigenvalue weighted by atomic mass is 19.1. The smallest absolute Gasteiger partial charge is 0.231 e. The van der Waals surface area contributed by atoms with Crippen LogP contribution in [-0.4, -0.2) is 0 Å². The van der Waals surface area contributed by atoms with Crippen molar-refractivity contribution < 1.29 is 17.6 Å². The number of rotatable bonds is 4. The van der Waals surface area contributed by atoms with Crippen molar-refractivity contribution in [3.8, 4) is 52.6 Å². The molecule has 5 aromatic rings. The summed E-state index contributed by atoms with van der Waals surface area (Å²) in [6, 6.07) is 26.1. The van der Waals surface area contributed by atoms with E-state index in [0.717, 1.165) is 24.3 Å². The van der Waals surface area contributed by atoms with Gasteiger partial charge < -0.3 is 0 Å². The number of hydrogen-bond acceptors (Lipinski definition) is 5. The van der Waals surface area contributed by atoms with E-state index in [2.05, 4.69) is 14.5 Å². The molecule has 0 radical (unpaired) electrons. The summed E-state index contributed by atoms with van der Waals surface area (Å²) in [7, 11) is 0. The SMILES string of the molecule is [C-]#[N+]C1=C(F)/C(=C(/C#N)c2cc([N+]#[C-])cc([N+]#[C-])c2)c2c1c(-c1ccc(F)cc1)c1c(c2-c2ccc(F)cc2)/C(=C(\C#N)c2cc(C#N)cc(C#N)c2)C(F)=C1C#N. The second-order valence-corrected chi connectivity index (χ2v) is 12.5. The van der Waals surface area contributed by atoms with Crippen LogP contribution < -0.4 is 0 Å². The molecule has 0 saturated carbocycles. The number of benzene rings is 5. The van der Waals surface area contributed by atoms with E-state index in [0.29, 0.717) is 0 Å². The van der Waals surface area contributed by atoms with E-state index in [1.807, 2.05) is 30.3 Å². The van der Waals surface area contributed by atoms with E-state index < -0.39 is 56.9 Å². The fourth-order valence-electron chi connectivity index (χ4n) is 7.21. The third-order valence-electron chi connectivity index (χ3n) is 9.50. The molecule has 0 aromatic heterocycles. The lowest BCUT2D eigenvalue weighted by molar-refractivity contribution is 0.627.